The maximum absolute atomic E-state index is 12.6. The fraction of sp³-hybridized carbons (Fsp3) is 0.333. The number of rotatable bonds is 5. The Morgan fingerprint density at radius 3 is 2.44 bits per heavy atom. The van der Waals surface area contributed by atoms with Gasteiger partial charge in [-0.1, -0.05) is 24.3 Å². The molecule has 0 atom stereocenters. The second-order valence-electron chi connectivity index (χ2n) is 4.09. The van der Waals surface area contributed by atoms with Crippen LogP contribution >= 0.6 is 0 Å². The fourth-order valence-electron chi connectivity index (χ4n) is 1.60. The van der Waals surface area contributed by atoms with Gasteiger partial charge in [-0.2, -0.15) is 8.78 Å². The smallest absolute Gasteiger partial charge is 0.341 e. The summed E-state index contributed by atoms with van der Waals surface area (Å²) in [6, 6.07) is 5.71. The van der Waals surface area contributed by atoms with Crippen molar-refractivity contribution in [2.75, 3.05) is 18.5 Å². The maximum atomic E-state index is 12.6. The van der Waals surface area contributed by atoms with Crippen molar-refractivity contribution in [1.29, 1.82) is 0 Å². The van der Waals surface area contributed by atoms with Gasteiger partial charge in [0.1, 0.15) is 0 Å². The number of para-hydroxylation sites is 1. The van der Waals surface area contributed by atoms with Gasteiger partial charge in [-0.3, -0.25) is 0 Å². The Morgan fingerprint density at radius 1 is 1.39 bits per heavy atom. The predicted molar refractivity (Wildman–Crippen MR) is 67.7 cm³/mol. The first kappa shape index (κ1) is 14.6. The molecule has 0 fully saturated rings. The largest absolute Gasteiger partial charge is 0.370 e. The molecule has 1 aromatic rings. The van der Waals surface area contributed by atoms with Crippen LogP contribution in [-0.2, 0) is 9.84 Å². The van der Waals surface area contributed by atoms with E-state index in [0.717, 1.165) is 5.57 Å². The zero-order valence-corrected chi connectivity index (χ0v) is 11.0. The Morgan fingerprint density at radius 2 is 1.94 bits per heavy atom. The van der Waals surface area contributed by atoms with Crippen LogP contribution in [0.1, 0.15) is 6.92 Å². The highest BCUT2D eigenvalue weighted by molar-refractivity contribution is 7.91. The van der Waals surface area contributed by atoms with Gasteiger partial charge in [0.05, 0.1) is 10.6 Å². The van der Waals surface area contributed by atoms with E-state index >= 15 is 0 Å². The van der Waals surface area contributed by atoms with Crippen LogP contribution < -0.4 is 4.90 Å². The molecule has 0 heterocycles. The van der Waals surface area contributed by atoms with Crippen LogP contribution in [0.15, 0.2) is 41.3 Å². The quantitative estimate of drug-likeness (QED) is 0.775. The number of likely N-dealkylation sites (N-methyl/N-ethyl adjacent to an activating group) is 1. The lowest BCUT2D eigenvalue weighted by Gasteiger charge is -2.22. The summed E-state index contributed by atoms with van der Waals surface area (Å²) in [5, 5.41) is 0. The van der Waals surface area contributed by atoms with Crippen molar-refractivity contribution in [3.8, 4) is 0 Å². The zero-order valence-electron chi connectivity index (χ0n) is 10.2. The van der Waals surface area contributed by atoms with Crippen LogP contribution in [0.3, 0.4) is 0 Å². The predicted octanol–water partition coefficient (Wildman–Crippen LogP) is 2.70. The number of nitrogens with zero attached hydrogens (tertiary/aromatic N) is 1. The van der Waals surface area contributed by atoms with E-state index in [1.807, 2.05) is 0 Å². The first-order valence-corrected chi connectivity index (χ1v) is 6.78. The van der Waals surface area contributed by atoms with E-state index in [1.165, 1.54) is 18.2 Å². The monoisotopic (exact) mass is 275 g/mol. The topological polar surface area (TPSA) is 37.4 Å². The summed E-state index contributed by atoms with van der Waals surface area (Å²) in [7, 11) is -2.96. The molecule has 18 heavy (non-hydrogen) atoms. The third kappa shape index (κ3) is 3.07. The van der Waals surface area contributed by atoms with Crippen molar-refractivity contribution >= 4 is 15.5 Å². The van der Waals surface area contributed by atoms with Crippen LogP contribution in [0.2, 0.25) is 0 Å². The highest BCUT2D eigenvalue weighted by atomic mass is 32.2. The first-order valence-electron chi connectivity index (χ1n) is 5.23. The van der Waals surface area contributed by atoms with Crippen molar-refractivity contribution < 1.29 is 17.2 Å². The Labute approximate surface area is 106 Å². The molecule has 0 aliphatic heterocycles. The number of alkyl halides is 2. The third-order valence-electron chi connectivity index (χ3n) is 2.32. The molecule has 0 saturated heterocycles. The standard InChI is InChI=1S/C12H15F2NO2S/c1-9(2)8-15(3)10-6-4-5-7-11(10)18(16,17)12(13)14/h4-7,12H,1,8H2,2-3H3. The van der Waals surface area contributed by atoms with Gasteiger partial charge in [0.25, 0.3) is 0 Å². The number of hydrogen-bond donors (Lipinski definition) is 0. The Kier molecular flexibility index (Phi) is 4.45. The number of sulfone groups is 1. The Bertz CT molecular complexity index is 541. The minimum Gasteiger partial charge on any atom is -0.370 e. The lowest BCUT2D eigenvalue weighted by molar-refractivity contribution is 0.235. The molecule has 0 saturated carbocycles. The normalized spacial score (nSPS) is 11.6. The fourth-order valence-corrected chi connectivity index (χ4v) is 2.57. The summed E-state index contributed by atoms with van der Waals surface area (Å²) in [6.45, 7) is 5.89. The van der Waals surface area contributed by atoms with E-state index in [2.05, 4.69) is 6.58 Å². The van der Waals surface area contributed by atoms with Crippen LogP contribution in [-0.4, -0.2) is 27.8 Å². The molecule has 0 bridgehead atoms. The molecule has 0 aliphatic rings. The minimum absolute atomic E-state index is 0.251. The molecule has 0 amide bonds. The third-order valence-corrected chi connectivity index (χ3v) is 3.75. The number of benzene rings is 1. The van der Waals surface area contributed by atoms with E-state index in [-0.39, 0.29) is 10.6 Å². The molecule has 0 aromatic heterocycles. The van der Waals surface area contributed by atoms with Gasteiger partial charge in [-0.25, -0.2) is 8.42 Å². The highest BCUT2D eigenvalue weighted by Gasteiger charge is 2.29. The molecule has 3 nitrogen and oxygen atoms in total. The first-order chi connectivity index (χ1) is 8.26. The molecule has 0 radical (unpaired) electrons. The molecule has 0 N–H and O–H groups in total. The molecule has 0 aliphatic carbocycles. The molecule has 0 unspecified atom stereocenters. The van der Waals surface area contributed by atoms with E-state index in [9.17, 15) is 17.2 Å². The van der Waals surface area contributed by atoms with E-state index in [1.54, 1.807) is 24.9 Å². The van der Waals surface area contributed by atoms with Crippen LogP contribution in [0.5, 0.6) is 0 Å². The van der Waals surface area contributed by atoms with Gasteiger partial charge in [0.2, 0.25) is 9.84 Å². The average molecular weight is 275 g/mol. The minimum atomic E-state index is -4.59. The van der Waals surface area contributed by atoms with E-state index < -0.39 is 15.6 Å². The van der Waals surface area contributed by atoms with Gasteiger partial charge >= 0.3 is 5.76 Å². The highest BCUT2D eigenvalue weighted by Crippen LogP contribution is 2.28. The summed E-state index contributed by atoms with van der Waals surface area (Å²) in [5.41, 5.74) is 1.06. The van der Waals surface area contributed by atoms with E-state index in [4.69, 9.17) is 0 Å². The summed E-state index contributed by atoms with van der Waals surface area (Å²) < 4.78 is 48.2. The van der Waals surface area contributed by atoms with Crippen molar-refractivity contribution in [2.45, 2.75) is 17.6 Å². The van der Waals surface area contributed by atoms with Gasteiger partial charge < -0.3 is 4.90 Å². The second kappa shape index (κ2) is 5.48. The Hall–Kier alpha value is -1.43. The SMILES string of the molecule is C=C(C)CN(C)c1ccccc1S(=O)(=O)C(F)F. The molecular weight excluding hydrogens is 260 g/mol. The summed E-state index contributed by atoms with van der Waals surface area (Å²) in [5.74, 6) is -3.42. The van der Waals surface area contributed by atoms with Crippen molar-refractivity contribution in [3.05, 3.63) is 36.4 Å². The van der Waals surface area contributed by atoms with Gasteiger partial charge in [-0.15, -0.1) is 0 Å². The average Bonchev–Trinajstić information content (AvgIpc) is 2.27. The summed E-state index contributed by atoms with van der Waals surface area (Å²) >= 11 is 0. The van der Waals surface area contributed by atoms with Gasteiger partial charge in [-0.05, 0) is 19.1 Å². The summed E-state index contributed by atoms with van der Waals surface area (Å²) in [4.78, 5) is 1.22. The lowest BCUT2D eigenvalue weighted by Crippen LogP contribution is -2.23. The van der Waals surface area contributed by atoms with Gasteiger partial charge in [0, 0.05) is 13.6 Å². The second-order valence-corrected chi connectivity index (χ2v) is 5.97. The van der Waals surface area contributed by atoms with Crippen molar-refractivity contribution in [1.82, 2.24) is 0 Å². The van der Waals surface area contributed by atoms with Crippen LogP contribution in [0, 0.1) is 0 Å². The lowest BCUT2D eigenvalue weighted by atomic mass is 10.2. The number of halogens is 2. The number of hydrogen-bond acceptors (Lipinski definition) is 3. The van der Waals surface area contributed by atoms with Gasteiger partial charge in [0.15, 0.2) is 0 Å². The molecule has 6 heteroatoms. The van der Waals surface area contributed by atoms with Crippen molar-refractivity contribution in [2.24, 2.45) is 0 Å². The molecule has 0 spiro atoms. The summed E-state index contributed by atoms with van der Waals surface area (Å²) in [6.07, 6.45) is 0. The number of anilines is 1. The molecular formula is C12H15F2NO2S. The van der Waals surface area contributed by atoms with E-state index in [0.29, 0.717) is 6.54 Å². The molecule has 1 aromatic carbocycles. The van der Waals surface area contributed by atoms with Crippen LogP contribution in [0.4, 0.5) is 14.5 Å². The zero-order chi connectivity index (χ0) is 13.9. The molecule has 1 rings (SSSR count). The Balaban J connectivity index is 3.27. The van der Waals surface area contributed by atoms with Crippen molar-refractivity contribution in [3.63, 3.8) is 0 Å². The maximum Gasteiger partial charge on any atom is 0.341 e. The van der Waals surface area contributed by atoms with Crippen LogP contribution in [0.25, 0.3) is 0 Å². The molecule has 100 valence electrons.